The largest absolute Gasteiger partial charge is 0.486 e. The number of aryl methyl sites for hydroxylation is 2. The molecule has 0 unspecified atom stereocenters. The Morgan fingerprint density at radius 1 is 1.14 bits per heavy atom. The molecule has 1 aromatic carbocycles. The minimum atomic E-state index is -0.270. The molecule has 8 heteroatoms. The third kappa shape index (κ3) is 3.91. The Morgan fingerprint density at radius 3 is 2.62 bits per heavy atom. The van der Waals surface area contributed by atoms with Crippen LogP contribution in [0.25, 0.3) is 5.82 Å². The van der Waals surface area contributed by atoms with Gasteiger partial charge in [0.2, 0.25) is 0 Å². The van der Waals surface area contributed by atoms with Crippen molar-refractivity contribution in [2.45, 2.75) is 20.4 Å². The Morgan fingerprint density at radius 2 is 1.90 bits per heavy atom. The zero-order valence-electron chi connectivity index (χ0n) is 16.5. The Labute approximate surface area is 173 Å². The first-order valence-corrected chi connectivity index (χ1v) is 9.64. The van der Waals surface area contributed by atoms with Gasteiger partial charge in [-0.25, -0.2) is 9.67 Å². The Hall–Kier alpha value is -3.06. The maximum atomic E-state index is 13.0. The molecule has 0 atom stereocenters. The zero-order valence-corrected chi connectivity index (χ0v) is 17.2. The number of carbonyl (C=O) groups excluding carboxylic acids is 1. The minimum Gasteiger partial charge on any atom is -0.486 e. The maximum Gasteiger partial charge on any atom is 0.274 e. The third-order valence-electron chi connectivity index (χ3n) is 4.63. The number of ether oxygens (including phenoxy) is 2. The average molecular weight is 413 g/mol. The predicted molar refractivity (Wildman–Crippen MR) is 109 cm³/mol. The van der Waals surface area contributed by atoms with Crippen molar-refractivity contribution in [2.75, 3.05) is 20.3 Å². The molecule has 4 rings (SSSR count). The fourth-order valence-corrected chi connectivity index (χ4v) is 3.46. The van der Waals surface area contributed by atoms with Crippen molar-refractivity contribution in [1.29, 1.82) is 0 Å². The molecule has 0 aliphatic carbocycles. The van der Waals surface area contributed by atoms with Crippen LogP contribution in [-0.2, 0) is 6.54 Å². The van der Waals surface area contributed by atoms with E-state index in [4.69, 9.17) is 21.1 Å². The van der Waals surface area contributed by atoms with Crippen molar-refractivity contribution in [2.24, 2.45) is 0 Å². The van der Waals surface area contributed by atoms with E-state index in [0.717, 1.165) is 22.7 Å². The number of pyridine rings is 1. The van der Waals surface area contributed by atoms with Crippen molar-refractivity contribution in [3.05, 3.63) is 64.1 Å². The highest BCUT2D eigenvalue weighted by molar-refractivity contribution is 6.33. The summed E-state index contributed by atoms with van der Waals surface area (Å²) in [6, 6.07) is 11.0. The molecule has 3 aromatic rings. The lowest BCUT2D eigenvalue weighted by atomic mass is 10.1. The normalized spacial score (nSPS) is 12.7. The molecule has 7 nitrogen and oxygen atoms in total. The molecular weight excluding hydrogens is 392 g/mol. The fourth-order valence-electron chi connectivity index (χ4n) is 3.27. The van der Waals surface area contributed by atoms with E-state index in [0.29, 0.717) is 36.3 Å². The molecule has 0 radical (unpaired) electrons. The number of amides is 1. The molecule has 0 saturated heterocycles. The lowest BCUT2D eigenvalue weighted by Crippen LogP contribution is -2.28. The highest BCUT2D eigenvalue weighted by Gasteiger charge is 2.20. The SMILES string of the molecule is Cc1cc(C)n(-c2ccc(Cl)c(C(=O)N(C)Cc3ccc4c(c3)OCCO4)n2)n1. The van der Waals surface area contributed by atoms with Crippen LogP contribution in [0, 0.1) is 13.8 Å². The summed E-state index contributed by atoms with van der Waals surface area (Å²) in [4.78, 5) is 19.1. The van der Waals surface area contributed by atoms with Crippen LogP contribution in [0.15, 0.2) is 36.4 Å². The predicted octanol–water partition coefficient (Wildman–Crippen LogP) is 3.58. The summed E-state index contributed by atoms with van der Waals surface area (Å²) >= 11 is 6.29. The second-order valence-corrected chi connectivity index (χ2v) is 7.39. The Balaban J connectivity index is 1.57. The van der Waals surface area contributed by atoms with E-state index in [2.05, 4.69) is 10.1 Å². The van der Waals surface area contributed by atoms with E-state index < -0.39 is 0 Å². The number of nitrogens with zero attached hydrogens (tertiary/aromatic N) is 4. The number of carbonyl (C=O) groups is 1. The van der Waals surface area contributed by atoms with Gasteiger partial charge >= 0.3 is 0 Å². The van der Waals surface area contributed by atoms with Gasteiger partial charge in [0, 0.05) is 19.3 Å². The summed E-state index contributed by atoms with van der Waals surface area (Å²) in [7, 11) is 1.72. The van der Waals surface area contributed by atoms with Gasteiger partial charge in [0.1, 0.15) is 18.9 Å². The minimum absolute atomic E-state index is 0.191. The van der Waals surface area contributed by atoms with Gasteiger partial charge in [-0.3, -0.25) is 4.79 Å². The number of aromatic nitrogens is 3. The summed E-state index contributed by atoms with van der Waals surface area (Å²) in [5, 5.41) is 4.72. The molecule has 29 heavy (non-hydrogen) atoms. The van der Waals surface area contributed by atoms with Gasteiger partial charge in [0.15, 0.2) is 17.3 Å². The van der Waals surface area contributed by atoms with Gasteiger partial charge in [-0.15, -0.1) is 0 Å². The summed E-state index contributed by atoms with van der Waals surface area (Å²) < 4.78 is 12.9. The van der Waals surface area contributed by atoms with Crippen LogP contribution in [0.2, 0.25) is 5.02 Å². The molecule has 0 saturated carbocycles. The molecule has 1 aliphatic heterocycles. The third-order valence-corrected chi connectivity index (χ3v) is 4.94. The standard InChI is InChI=1S/C21H21ClN4O3/c1-13-10-14(2)26(24-13)19-7-5-16(22)20(23-19)21(27)25(3)12-15-4-6-17-18(11-15)29-9-8-28-17/h4-7,10-11H,8-9,12H2,1-3H3. The first-order valence-electron chi connectivity index (χ1n) is 9.26. The average Bonchev–Trinajstić information content (AvgIpc) is 3.05. The molecule has 0 bridgehead atoms. The van der Waals surface area contributed by atoms with E-state index >= 15 is 0 Å². The van der Waals surface area contributed by atoms with E-state index in [9.17, 15) is 4.79 Å². The molecule has 2 aromatic heterocycles. The van der Waals surface area contributed by atoms with Crippen molar-refractivity contribution in [1.82, 2.24) is 19.7 Å². The first kappa shape index (κ1) is 19.3. The van der Waals surface area contributed by atoms with E-state index in [-0.39, 0.29) is 11.6 Å². The Bertz CT molecular complexity index is 1080. The van der Waals surface area contributed by atoms with E-state index in [1.807, 2.05) is 38.1 Å². The van der Waals surface area contributed by atoms with Crippen LogP contribution in [0.4, 0.5) is 0 Å². The molecule has 1 aliphatic rings. The lowest BCUT2D eigenvalue weighted by Gasteiger charge is -2.21. The number of rotatable bonds is 4. The topological polar surface area (TPSA) is 69.5 Å². The van der Waals surface area contributed by atoms with E-state index in [1.54, 1.807) is 28.8 Å². The first-order chi connectivity index (χ1) is 13.9. The van der Waals surface area contributed by atoms with E-state index in [1.165, 1.54) is 0 Å². The molecular formula is C21H21ClN4O3. The smallest absolute Gasteiger partial charge is 0.274 e. The van der Waals surface area contributed by atoms with Crippen LogP contribution >= 0.6 is 11.6 Å². The van der Waals surface area contributed by atoms with Gasteiger partial charge in [-0.2, -0.15) is 5.10 Å². The fraction of sp³-hybridized carbons (Fsp3) is 0.286. The van der Waals surface area contributed by atoms with Gasteiger partial charge in [-0.05, 0) is 49.7 Å². The second-order valence-electron chi connectivity index (χ2n) is 6.98. The molecule has 0 spiro atoms. The zero-order chi connectivity index (χ0) is 20.5. The van der Waals surface area contributed by atoms with Gasteiger partial charge in [0.05, 0.1) is 10.7 Å². The number of halogens is 1. The van der Waals surface area contributed by atoms with Crippen LogP contribution in [0.3, 0.4) is 0 Å². The van der Waals surface area contributed by atoms with Crippen LogP contribution in [0.1, 0.15) is 27.4 Å². The molecule has 0 N–H and O–H groups in total. The van der Waals surface area contributed by atoms with Gasteiger partial charge in [0.25, 0.3) is 5.91 Å². The summed E-state index contributed by atoms with van der Waals surface area (Å²) in [6.45, 7) is 5.29. The summed E-state index contributed by atoms with van der Waals surface area (Å²) in [5.41, 5.74) is 2.93. The summed E-state index contributed by atoms with van der Waals surface area (Å²) in [6.07, 6.45) is 0. The maximum absolute atomic E-state index is 13.0. The highest BCUT2D eigenvalue weighted by atomic mass is 35.5. The molecule has 0 fully saturated rings. The highest BCUT2D eigenvalue weighted by Crippen LogP contribution is 2.31. The number of fused-ring (bicyclic) bond motifs is 1. The molecule has 150 valence electrons. The van der Waals surface area contributed by atoms with Gasteiger partial charge in [-0.1, -0.05) is 17.7 Å². The van der Waals surface area contributed by atoms with Crippen molar-refractivity contribution in [3.63, 3.8) is 0 Å². The number of hydrogen-bond donors (Lipinski definition) is 0. The van der Waals surface area contributed by atoms with Crippen LogP contribution in [0.5, 0.6) is 11.5 Å². The molecule has 3 heterocycles. The van der Waals surface area contributed by atoms with Crippen LogP contribution in [-0.4, -0.2) is 45.8 Å². The van der Waals surface area contributed by atoms with Crippen LogP contribution < -0.4 is 9.47 Å². The second kappa shape index (κ2) is 7.75. The number of hydrogen-bond acceptors (Lipinski definition) is 5. The summed E-state index contributed by atoms with van der Waals surface area (Å²) in [5.74, 6) is 1.69. The lowest BCUT2D eigenvalue weighted by molar-refractivity contribution is 0.0779. The molecule has 1 amide bonds. The van der Waals surface area contributed by atoms with Crippen molar-refractivity contribution in [3.8, 4) is 17.3 Å². The quantitative estimate of drug-likeness (QED) is 0.655. The Kier molecular flexibility index (Phi) is 5.15. The van der Waals surface area contributed by atoms with Crippen molar-refractivity contribution < 1.29 is 14.3 Å². The van der Waals surface area contributed by atoms with Gasteiger partial charge < -0.3 is 14.4 Å². The monoisotopic (exact) mass is 412 g/mol. The number of benzene rings is 1. The van der Waals surface area contributed by atoms with Crippen molar-refractivity contribution >= 4 is 17.5 Å².